The summed E-state index contributed by atoms with van der Waals surface area (Å²) in [6.45, 7) is 4.89. The van der Waals surface area contributed by atoms with Gasteiger partial charge < -0.3 is 20.3 Å². The highest BCUT2D eigenvalue weighted by Gasteiger charge is 2.18. The van der Waals surface area contributed by atoms with E-state index in [0.717, 1.165) is 57.8 Å². The average molecular weight is 1090 g/mol. The minimum Gasteiger partial charge on any atom is -0.466 e. The van der Waals surface area contributed by atoms with Crippen molar-refractivity contribution in [1.29, 1.82) is 0 Å². The van der Waals surface area contributed by atoms with Crippen molar-refractivity contribution in [3.8, 4) is 0 Å². The molecule has 0 aromatic heterocycles. The van der Waals surface area contributed by atoms with Crippen LogP contribution in [-0.2, 0) is 14.3 Å². The molecule has 0 aliphatic carbocycles. The number of hydrogen-bond acceptors (Lipinski definition) is 5. The molecule has 2 atom stereocenters. The second-order valence-electron chi connectivity index (χ2n) is 23.5. The Labute approximate surface area is 486 Å². The highest BCUT2D eigenvalue weighted by molar-refractivity contribution is 5.76. The Kier molecular flexibility index (Phi) is 65.0. The van der Waals surface area contributed by atoms with E-state index in [1.54, 1.807) is 6.08 Å². The largest absolute Gasteiger partial charge is 0.466 e. The maximum atomic E-state index is 12.5. The Morgan fingerprint density at radius 1 is 0.359 bits per heavy atom. The molecule has 0 radical (unpaired) electrons. The zero-order valence-electron chi connectivity index (χ0n) is 52.1. The van der Waals surface area contributed by atoms with E-state index in [-0.39, 0.29) is 18.5 Å². The van der Waals surface area contributed by atoms with Gasteiger partial charge in [-0.05, 0) is 96.3 Å². The first kappa shape index (κ1) is 75.6. The molecule has 1 amide bonds. The quantitative estimate of drug-likeness (QED) is 0.0320. The molecule has 0 aromatic carbocycles. The molecule has 0 spiro atoms. The maximum Gasteiger partial charge on any atom is 0.305 e. The van der Waals surface area contributed by atoms with Crippen LogP contribution in [0.2, 0.25) is 0 Å². The van der Waals surface area contributed by atoms with Crippen molar-refractivity contribution in [2.24, 2.45) is 0 Å². The molecule has 0 rings (SSSR count). The summed E-state index contributed by atoms with van der Waals surface area (Å²) < 4.78 is 5.50. The normalized spacial score (nSPS) is 12.9. The van der Waals surface area contributed by atoms with Crippen molar-refractivity contribution in [2.45, 2.75) is 373 Å². The summed E-state index contributed by atoms with van der Waals surface area (Å²) in [5.41, 5.74) is 0. The number of hydrogen-bond donors (Lipinski definition) is 3. The van der Waals surface area contributed by atoms with Crippen LogP contribution in [0.25, 0.3) is 0 Å². The van der Waals surface area contributed by atoms with Gasteiger partial charge in [0.15, 0.2) is 0 Å². The van der Waals surface area contributed by atoms with Crippen LogP contribution in [0, 0.1) is 0 Å². The first-order chi connectivity index (χ1) is 38.5. The summed E-state index contributed by atoms with van der Waals surface area (Å²) in [4.78, 5) is 24.6. The monoisotopic (exact) mass is 1090 g/mol. The molecule has 0 saturated heterocycles. The molecule has 0 aromatic rings. The summed E-state index contributed by atoms with van der Waals surface area (Å²) in [5, 5.41) is 23.1. The second kappa shape index (κ2) is 67.1. The summed E-state index contributed by atoms with van der Waals surface area (Å²) in [7, 11) is 0. The number of aliphatic hydroxyl groups excluding tert-OH is 2. The third-order valence-electron chi connectivity index (χ3n) is 15.8. The van der Waals surface area contributed by atoms with Gasteiger partial charge in [-0.1, -0.05) is 312 Å². The van der Waals surface area contributed by atoms with Crippen LogP contribution in [-0.4, -0.2) is 47.4 Å². The number of nitrogens with one attached hydrogen (secondary N) is 1. The molecule has 0 fully saturated rings. The molecule has 0 heterocycles. The van der Waals surface area contributed by atoms with Gasteiger partial charge in [-0.25, -0.2) is 0 Å². The van der Waals surface area contributed by atoms with Gasteiger partial charge >= 0.3 is 5.97 Å². The van der Waals surface area contributed by atoms with E-state index in [0.29, 0.717) is 19.4 Å². The van der Waals surface area contributed by atoms with Crippen molar-refractivity contribution >= 4 is 11.9 Å². The van der Waals surface area contributed by atoms with Crippen molar-refractivity contribution < 1.29 is 24.5 Å². The molecule has 6 nitrogen and oxygen atoms in total. The van der Waals surface area contributed by atoms with E-state index < -0.39 is 12.1 Å². The molecule has 6 heteroatoms. The van der Waals surface area contributed by atoms with E-state index in [2.05, 4.69) is 67.8 Å². The van der Waals surface area contributed by atoms with Gasteiger partial charge in [0.25, 0.3) is 0 Å². The number of carbonyl (C=O) groups excluding carboxylic acids is 2. The smallest absolute Gasteiger partial charge is 0.305 e. The summed E-state index contributed by atoms with van der Waals surface area (Å²) in [5.74, 6) is -0.0640. The highest BCUT2D eigenvalue weighted by Crippen LogP contribution is 2.17. The Hall–Kier alpha value is -2.44. The van der Waals surface area contributed by atoms with E-state index in [4.69, 9.17) is 4.74 Å². The first-order valence-corrected chi connectivity index (χ1v) is 34.6. The van der Waals surface area contributed by atoms with Crippen molar-refractivity contribution in [1.82, 2.24) is 5.32 Å². The lowest BCUT2D eigenvalue weighted by molar-refractivity contribution is -0.143. The third-order valence-corrected chi connectivity index (χ3v) is 15.8. The molecular formula is C72H133NO5. The predicted molar refractivity (Wildman–Crippen MR) is 342 cm³/mol. The molecule has 0 saturated carbocycles. The molecule has 3 N–H and O–H groups in total. The van der Waals surface area contributed by atoms with Gasteiger partial charge in [0, 0.05) is 12.8 Å². The summed E-state index contributed by atoms with van der Waals surface area (Å²) >= 11 is 0. The SMILES string of the molecule is CCCCC/C=C\C/C=C\CCCCCCCCCCCC(=O)OCCCCCCCCCCC/C=C\C/C=C\CCCCCCCCCCCCCC(=O)NC(CO)C(O)/C=C/CCCCCCCCCCCCCCC. The maximum absolute atomic E-state index is 12.5. The first-order valence-electron chi connectivity index (χ1n) is 34.6. The van der Waals surface area contributed by atoms with E-state index in [9.17, 15) is 19.8 Å². The van der Waals surface area contributed by atoms with E-state index >= 15 is 0 Å². The van der Waals surface area contributed by atoms with Crippen LogP contribution in [0.1, 0.15) is 361 Å². The zero-order chi connectivity index (χ0) is 56.4. The lowest BCUT2D eigenvalue weighted by Gasteiger charge is -2.20. The number of carbonyl (C=O) groups is 2. The lowest BCUT2D eigenvalue weighted by atomic mass is 10.0. The molecule has 0 bridgehead atoms. The Bertz CT molecular complexity index is 1350. The molecular weight excluding hydrogens is 959 g/mol. The van der Waals surface area contributed by atoms with Crippen LogP contribution in [0.4, 0.5) is 0 Å². The van der Waals surface area contributed by atoms with Crippen LogP contribution in [0.3, 0.4) is 0 Å². The molecule has 0 aliphatic rings. The molecule has 456 valence electrons. The predicted octanol–water partition coefficient (Wildman–Crippen LogP) is 22.3. The minimum atomic E-state index is -0.847. The number of allylic oxidation sites excluding steroid dienone is 9. The fraction of sp³-hybridized carbons (Fsp3) is 0.833. The Morgan fingerprint density at radius 3 is 1.00 bits per heavy atom. The fourth-order valence-corrected chi connectivity index (χ4v) is 10.5. The Balaban J connectivity index is 3.43. The van der Waals surface area contributed by atoms with Gasteiger partial charge in [0.05, 0.1) is 25.4 Å². The standard InChI is InChI=1S/C72H133NO5/c1-3-5-7-9-11-13-15-17-19-20-30-34-38-42-46-50-54-58-62-66-72(77)78-67-63-59-55-51-47-43-39-35-32-29-27-25-23-21-22-24-26-28-31-33-37-41-45-49-53-57-61-65-71(76)73-69(68-74)70(75)64-60-56-52-48-44-40-36-18-16-14-12-10-8-6-4-2/h11,13,17,19,21-22,25,27,60,64,69-70,74-75H,3-10,12,14-16,18,20,23-24,26,28-59,61-63,65-68H2,1-2H3,(H,73,76)/b13-11-,19-17-,22-21-,27-25-,64-60+. The van der Waals surface area contributed by atoms with E-state index in [1.165, 1.54) is 276 Å². The third kappa shape index (κ3) is 62.8. The molecule has 78 heavy (non-hydrogen) atoms. The van der Waals surface area contributed by atoms with Gasteiger partial charge in [-0.2, -0.15) is 0 Å². The van der Waals surface area contributed by atoms with Crippen LogP contribution >= 0.6 is 0 Å². The Morgan fingerprint density at radius 2 is 0.641 bits per heavy atom. The van der Waals surface area contributed by atoms with Crippen molar-refractivity contribution in [2.75, 3.05) is 13.2 Å². The number of aliphatic hydroxyl groups is 2. The van der Waals surface area contributed by atoms with Crippen molar-refractivity contribution in [3.63, 3.8) is 0 Å². The minimum absolute atomic E-state index is 0.00627. The fourth-order valence-electron chi connectivity index (χ4n) is 10.5. The zero-order valence-corrected chi connectivity index (χ0v) is 52.1. The number of unbranched alkanes of at least 4 members (excludes halogenated alkanes) is 45. The number of esters is 1. The summed E-state index contributed by atoms with van der Waals surface area (Å²) in [6.07, 6.45) is 88.6. The lowest BCUT2D eigenvalue weighted by Crippen LogP contribution is -2.45. The topological polar surface area (TPSA) is 95.9 Å². The van der Waals surface area contributed by atoms with Crippen LogP contribution in [0.5, 0.6) is 0 Å². The average Bonchev–Trinajstić information content (AvgIpc) is 3.44. The van der Waals surface area contributed by atoms with Gasteiger partial charge in [-0.15, -0.1) is 0 Å². The van der Waals surface area contributed by atoms with Crippen LogP contribution in [0.15, 0.2) is 60.8 Å². The number of ether oxygens (including phenoxy) is 1. The van der Waals surface area contributed by atoms with Gasteiger partial charge in [-0.3, -0.25) is 9.59 Å². The van der Waals surface area contributed by atoms with Crippen molar-refractivity contribution in [3.05, 3.63) is 60.8 Å². The summed E-state index contributed by atoms with van der Waals surface area (Å²) in [6, 6.07) is -0.631. The van der Waals surface area contributed by atoms with Gasteiger partial charge in [0.1, 0.15) is 0 Å². The number of amides is 1. The highest BCUT2D eigenvalue weighted by atomic mass is 16.5. The van der Waals surface area contributed by atoms with Crippen LogP contribution < -0.4 is 5.32 Å². The molecule has 2 unspecified atom stereocenters. The molecule has 0 aliphatic heterocycles. The number of rotatable bonds is 64. The van der Waals surface area contributed by atoms with E-state index in [1.807, 2.05) is 6.08 Å². The second-order valence-corrected chi connectivity index (χ2v) is 23.5. The van der Waals surface area contributed by atoms with Gasteiger partial charge in [0.2, 0.25) is 5.91 Å².